The van der Waals surface area contributed by atoms with Gasteiger partial charge in [-0.05, 0) is 18.2 Å². The number of carbonyl (C=O) groups is 1. The van der Waals surface area contributed by atoms with Gasteiger partial charge >= 0.3 is 43.7 Å². The van der Waals surface area contributed by atoms with Crippen LogP contribution in [0.4, 0.5) is 0 Å². The van der Waals surface area contributed by atoms with Gasteiger partial charge in [0.1, 0.15) is 5.75 Å². The van der Waals surface area contributed by atoms with Crippen LogP contribution in [0.3, 0.4) is 0 Å². The number of carbonyl (C=O) groups excluding carboxylic acids is 1. The second-order valence-corrected chi connectivity index (χ2v) is 3.01. The van der Waals surface area contributed by atoms with Crippen LogP contribution in [0.2, 0.25) is 10.0 Å². The fourth-order valence-electron chi connectivity index (χ4n) is 0.713. The third-order valence-electron chi connectivity index (χ3n) is 1.15. The molecule has 0 heterocycles. The van der Waals surface area contributed by atoms with Crippen molar-refractivity contribution in [1.29, 1.82) is 0 Å². The number of halogens is 2. The van der Waals surface area contributed by atoms with Gasteiger partial charge in [0.25, 0.3) is 0 Å². The number of hydrogen-bond donors (Lipinski definition) is 0. The van der Waals surface area contributed by atoms with E-state index >= 15 is 0 Å². The SMILES string of the molecule is CC(=O)Oc1ccc(Cl)cc1Cl.[CaH2]. The third-order valence-corrected chi connectivity index (χ3v) is 1.68. The number of esters is 1. The minimum atomic E-state index is -0.403. The number of hydrogen-bond acceptors (Lipinski definition) is 2. The van der Waals surface area contributed by atoms with Crippen LogP contribution in [0.1, 0.15) is 6.92 Å². The molecule has 0 radical (unpaired) electrons. The Morgan fingerprint density at radius 2 is 2.00 bits per heavy atom. The Labute approximate surface area is 116 Å². The zero-order valence-electron chi connectivity index (χ0n) is 6.30. The van der Waals surface area contributed by atoms with E-state index in [1.54, 1.807) is 12.1 Å². The Bertz CT molecular complexity index is 315. The molecule has 0 fully saturated rings. The summed E-state index contributed by atoms with van der Waals surface area (Å²) < 4.78 is 4.77. The Hall–Kier alpha value is 0.530. The summed E-state index contributed by atoms with van der Waals surface area (Å²) in [5.74, 6) is -0.0761. The van der Waals surface area contributed by atoms with Gasteiger partial charge < -0.3 is 4.74 Å². The summed E-state index contributed by atoms with van der Waals surface area (Å²) in [4.78, 5) is 10.5. The molecular formula is C8H8CaCl2O2. The van der Waals surface area contributed by atoms with E-state index in [2.05, 4.69) is 0 Å². The standard InChI is InChI=1S/C8H6Cl2O2.Ca.2H/c1-5(11)12-8-3-2-6(9)4-7(8)10;;;/h2-4H,1H3;;;. The quantitative estimate of drug-likeness (QED) is 0.431. The van der Waals surface area contributed by atoms with Crippen molar-refractivity contribution in [3.8, 4) is 5.75 Å². The first kappa shape index (κ1) is 13.5. The first-order valence-corrected chi connectivity index (χ1v) is 3.98. The summed E-state index contributed by atoms with van der Waals surface area (Å²) in [5, 5.41) is 0.841. The summed E-state index contributed by atoms with van der Waals surface area (Å²) >= 11 is 11.3. The van der Waals surface area contributed by atoms with E-state index in [4.69, 9.17) is 27.9 Å². The van der Waals surface area contributed by atoms with Gasteiger partial charge in [-0.25, -0.2) is 0 Å². The second-order valence-electron chi connectivity index (χ2n) is 2.17. The van der Waals surface area contributed by atoms with Crippen molar-refractivity contribution in [2.45, 2.75) is 6.92 Å². The predicted molar refractivity (Wildman–Crippen MR) is 56.3 cm³/mol. The average Bonchev–Trinajstić information content (AvgIpc) is 1.94. The molecule has 2 nitrogen and oxygen atoms in total. The van der Waals surface area contributed by atoms with Crippen LogP contribution in [0, 0.1) is 0 Å². The zero-order chi connectivity index (χ0) is 9.14. The molecule has 0 atom stereocenters. The molecule has 0 amide bonds. The van der Waals surface area contributed by atoms with Crippen molar-refractivity contribution in [2.24, 2.45) is 0 Å². The molecule has 0 saturated heterocycles. The van der Waals surface area contributed by atoms with E-state index in [0.29, 0.717) is 15.8 Å². The topological polar surface area (TPSA) is 26.3 Å². The van der Waals surface area contributed by atoms with E-state index < -0.39 is 5.97 Å². The van der Waals surface area contributed by atoms with Crippen LogP contribution >= 0.6 is 23.2 Å². The summed E-state index contributed by atoms with van der Waals surface area (Å²) in [6.45, 7) is 1.31. The van der Waals surface area contributed by atoms with Gasteiger partial charge in [-0.15, -0.1) is 0 Å². The van der Waals surface area contributed by atoms with Gasteiger partial charge in [0, 0.05) is 11.9 Å². The van der Waals surface area contributed by atoms with Crippen molar-refractivity contribution >= 4 is 66.9 Å². The van der Waals surface area contributed by atoms with Crippen LogP contribution in [0.25, 0.3) is 0 Å². The maximum atomic E-state index is 10.5. The molecule has 1 aromatic carbocycles. The summed E-state index contributed by atoms with van der Waals surface area (Å²) in [7, 11) is 0. The van der Waals surface area contributed by atoms with Gasteiger partial charge in [-0.2, -0.15) is 0 Å². The first-order valence-electron chi connectivity index (χ1n) is 3.23. The molecule has 0 aliphatic heterocycles. The molecule has 68 valence electrons. The predicted octanol–water partition coefficient (Wildman–Crippen LogP) is 2.00. The van der Waals surface area contributed by atoms with Crippen molar-refractivity contribution in [1.82, 2.24) is 0 Å². The molecule has 0 unspecified atom stereocenters. The Kier molecular flexibility index (Phi) is 6.34. The molecule has 0 saturated carbocycles. The Morgan fingerprint density at radius 1 is 1.38 bits per heavy atom. The van der Waals surface area contributed by atoms with Crippen LogP contribution in [-0.4, -0.2) is 43.7 Å². The Morgan fingerprint density at radius 3 is 2.46 bits per heavy atom. The van der Waals surface area contributed by atoms with Crippen LogP contribution < -0.4 is 4.74 Å². The van der Waals surface area contributed by atoms with Gasteiger partial charge in [-0.3, -0.25) is 4.79 Å². The number of rotatable bonds is 1. The van der Waals surface area contributed by atoms with Crippen LogP contribution in [0.15, 0.2) is 18.2 Å². The molecular weight excluding hydrogens is 239 g/mol. The molecule has 5 heteroatoms. The van der Waals surface area contributed by atoms with Crippen molar-refractivity contribution in [3.63, 3.8) is 0 Å². The van der Waals surface area contributed by atoms with E-state index in [9.17, 15) is 4.79 Å². The molecule has 1 rings (SSSR count). The van der Waals surface area contributed by atoms with Gasteiger partial charge in [-0.1, -0.05) is 23.2 Å². The van der Waals surface area contributed by atoms with Crippen LogP contribution in [-0.2, 0) is 4.79 Å². The van der Waals surface area contributed by atoms with Gasteiger partial charge in [0.05, 0.1) is 5.02 Å². The normalized spacial score (nSPS) is 8.85. The third kappa shape index (κ3) is 4.52. The molecule has 0 aliphatic rings. The van der Waals surface area contributed by atoms with Crippen molar-refractivity contribution < 1.29 is 9.53 Å². The zero-order valence-corrected chi connectivity index (χ0v) is 7.82. The van der Waals surface area contributed by atoms with E-state index in [1.807, 2.05) is 0 Å². The monoisotopic (exact) mass is 246 g/mol. The fraction of sp³-hybridized carbons (Fsp3) is 0.125. The summed E-state index contributed by atoms with van der Waals surface area (Å²) in [6.07, 6.45) is 0. The second kappa shape index (κ2) is 6.10. The Balaban J connectivity index is 0.00000144. The summed E-state index contributed by atoms with van der Waals surface area (Å²) in [6, 6.07) is 4.67. The minimum absolute atomic E-state index is 0. The maximum absolute atomic E-state index is 10.5. The van der Waals surface area contributed by atoms with Gasteiger partial charge in [0.2, 0.25) is 0 Å². The molecule has 0 aromatic heterocycles. The molecule has 0 N–H and O–H groups in total. The molecule has 0 aliphatic carbocycles. The van der Waals surface area contributed by atoms with Crippen LogP contribution in [0.5, 0.6) is 5.75 Å². The van der Waals surface area contributed by atoms with E-state index in [1.165, 1.54) is 13.0 Å². The molecule has 0 bridgehead atoms. The molecule has 1 aromatic rings. The number of ether oxygens (including phenoxy) is 1. The average molecular weight is 247 g/mol. The fourth-order valence-corrected chi connectivity index (χ4v) is 1.16. The molecule has 13 heavy (non-hydrogen) atoms. The summed E-state index contributed by atoms with van der Waals surface area (Å²) in [5.41, 5.74) is 0. The number of benzene rings is 1. The van der Waals surface area contributed by atoms with Gasteiger partial charge in [0.15, 0.2) is 0 Å². The van der Waals surface area contributed by atoms with Crippen molar-refractivity contribution in [2.75, 3.05) is 0 Å². The molecule has 0 spiro atoms. The first-order chi connectivity index (χ1) is 5.59. The van der Waals surface area contributed by atoms with E-state index in [0.717, 1.165) is 0 Å². The van der Waals surface area contributed by atoms with E-state index in [-0.39, 0.29) is 37.7 Å². The van der Waals surface area contributed by atoms with Crippen molar-refractivity contribution in [3.05, 3.63) is 28.2 Å².